The SMILES string of the molecule is NC(=S)NN=Cc1ccc(N2CCN(Cc3ccccn3)CC2)c(C(F)(F)F)c1. The van der Waals surface area contributed by atoms with Crippen LogP contribution in [0.3, 0.4) is 0 Å². The third-order valence-corrected chi connectivity index (χ3v) is 4.63. The van der Waals surface area contributed by atoms with Crippen LogP contribution >= 0.6 is 12.2 Å². The number of rotatable bonds is 5. The van der Waals surface area contributed by atoms with Gasteiger partial charge in [-0.1, -0.05) is 12.1 Å². The van der Waals surface area contributed by atoms with E-state index in [0.29, 0.717) is 38.3 Å². The summed E-state index contributed by atoms with van der Waals surface area (Å²) in [5, 5.41) is 3.66. The van der Waals surface area contributed by atoms with Crippen LogP contribution in [0, 0.1) is 0 Å². The molecule has 3 N–H and O–H groups in total. The van der Waals surface area contributed by atoms with Crippen molar-refractivity contribution >= 4 is 29.2 Å². The Morgan fingerprint density at radius 3 is 2.59 bits per heavy atom. The Kier molecular flexibility index (Phi) is 6.65. The first-order valence-corrected chi connectivity index (χ1v) is 9.41. The van der Waals surface area contributed by atoms with Crippen LogP contribution < -0.4 is 16.1 Å². The summed E-state index contributed by atoms with van der Waals surface area (Å²) in [6, 6.07) is 9.89. The predicted molar refractivity (Wildman–Crippen MR) is 111 cm³/mol. The molecule has 6 nitrogen and oxygen atoms in total. The Labute approximate surface area is 172 Å². The van der Waals surface area contributed by atoms with Crippen LogP contribution in [0.2, 0.25) is 0 Å². The Balaban J connectivity index is 1.71. The predicted octanol–water partition coefficient (Wildman–Crippen LogP) is 2.59. The van der Waals surface area contributed by atoms with Gasteiger partial charge in [0.25, 0.3) is 0 Å². The van der Waals surface area contributed by atoms with E-state index in [1.165, 1.54) is 12.3 Å². The maximum atomic E-state index is 13.7. The number of halogens is 3. The summed E-state index contributed by atoms with van der Waals surface area (Å²) >= 11 is 4.61. The molecule has 2 aromatic rings. The molecule has 1 aromatic carbocycles. The van der Waals surface area contributed by atoms with Gasteiger partial charge in [-0.05, 0) is 42.0 Å². The lowest BCUT2D eigenvalue weighted by molar-refractivity contribution is -0.137. The lowest BCUT2D eigenvalue weighted by Crippen LogP contribution is -2.46. The van der Waals surface area contributed by atoms with Crippen LogP contribution in [-0.2, 0) is 12.7 Å². The summed E-state index contributed by atoms with van der Waals surface area (Å²) in [5.74, 6) is 0. The zero-order valence-corrected chi connectivity index (χ0v) is 16.4. The molecule has 154 valence electrons. The molecule has 1 fully saturated rings. The molecule has 0 spiro atoms. The fourth-order valence-electron chi connectivity index (χ4n) is 3.17. The van der Waals surface area contributed by atoms with Gasteiger partial charge in [0.15, 0.2) is 5.11 Å². The fourth-order valence-corrected chi connectivity index (χ4v) is 3.23. The average Bonchev–Trinajstić information content (AvgIpc) is 2.68. The highest BCUT2D eigenvalue weighted by atomic mass is 32.1. The average molecular weight is 422 g/mol. The molecule has 1 aromatic heterocycles. The molecule has 0 radical (unpaired) electrons. The number of piperazine rings is 1. The molecule has 0 aliphatic carbocycles. The summed E-state index contributed by atoms with van der Waals surface area (Å²) in [5.41, 5.74) is 8.33. The highest BCUT2D eigenvalue weighted by molar-refractivity contribution is 7.80. The van der Waals surface area contributed by atoms with Crippen molar-refractivity contribution in [1.82, 2.24) is 15.3 Å². The maximum Gasteiger partial charge on any atom is 0.418 e. The van der Waals surface area contributed by atoms with E-state index in [0.717, 1.165) is 11.8 Å². The van der Waals surface area contributed by atoms with Gasteiger partial charge in [-0.15, -0.1) is 0 Å². The number of aromatic nitrogens is 1. The van der Waals surface area contributed by atoms with Crippen LogP contribution in [0.4, 0.5) is 18.9 Å². The Bertz CT molecular complexity index is 864. The highest BCUT2D eigenvalue weighted by Crippen LogP contribution is 2.37. The summed E-state index contributed by atoms with van der Waals surface area (Å²) < 4.78 is 41.0. The first-order chi connectivity index (χ1) is 13.8. The third-order valence-electron chi connectivity index (χ3n) is 4.54. The molecule has 2 heterocycles. The van der Waals surface area contributed by atoms with Crippen molar-refractivity contribution in [2.45, 2.75) is 12.7 Å². The number of anilines is 1. The fraction of sp³-hybridized carbons (Fsp3) is 0.316. The topological polar surface area (TPSA) is 69.8 Å². The summed E-state index contributed by atoms with van der Waals surface area (Å²) in [6.45, 7) is 3.02. The van der Waals surface area contributed by atoms with E-state index in [-0.39, 0.29) is 10.8 Å². The molecule has 0 saturated carbocycles. The number of nitrogens with one attached hydrogen (secondary N) is 1. The van der Waals surface area contributed by atoms with E-state index in [2.05, 4.69) is 32.6 Å². The number of hydrogen-bond acceptors (Lipinski definition) is 5. The smallest absolute Gasteiger partial charge is 0.375 e. The molecular weight excluding hydrogens is 401 g/mol. The minimum absolute atomic E-state index is 0.0579. The van der Waals surface area contributed by atoms with E-state index in [1.54, 1.807) is 17.2 Å². The second-order valence-corrected chi connectivity index (χ2v) is 7.03. The van der Waals surface area contributed by atoms with Crippen molar-refractivity contribution in [2.75, 3.05) is 31.1 Å². The van der Waals surface area contributed by atoms with Gasteiger partial charge in [-0.25, -0.2) is 0 Å². The zero-order valence-electron chi connectivity index (χ0n) is 15.6. The van der Waals surface area contributed by atoms with Crippen molar-refractivity contribution in [3.8, 4) is 0 Å². The lowest BCUT2D eigenvalue weighted by atomic mass is 10.1. The number of nitrogens with two attached hydrogens (primary N) is 1. The normalized spacial score (nSPS) is 15.6. The molecule has 0 amide bonds. The molecule has 1 aliphatic heterocycles. The second-order valence-electron chi connectivity index (χ2n) is 6.59. The number of benzene rings is 1. The van der Waals surface area contributed by atoms with Crippen molar-refractivity contribution in [2.24, 2.45) is 10.8 Å². The van der Waals surface area contributed by atoms with E-state index < -0.39 is 11.7 Å². The minimum Gasteiger partial charge on any atom is -0.375 e. The quantitative estimate of drug-likeness (QED) is 0.439. The molecular formula is C19H21F3N6S. The van der Waals surface area contributed by atoms with Crippen molar-refractivity contribution in [3.05, 3.63) is 59.4 Å². The first-order valence-electron chi connectivity index (χ1n) is 9.00. The first kappa shape index (κ1) is 21.0. The summed E-state index contributed by atoms with van der Waals surface area (Å²) in [7, 11) is 0. The molecule has 1 aliphatic rings. The van der Waals surface area contributed by atoms with Gasteiger partial charge in [0.1, 0.15) is 0 Å². The zero-order chi connectivity index (χ0) is 20.9. The Hall–Kier alpha value is -2.72. The molecule has 1 saturated heterocycles. The molecule has 0 unspecified atom stereocenters. The largest absolute Gasteiger partial charge is 0.418 e. The van der Waals surface area contributed by atoms with Gasteiger partial charge in [-0.3, -0.25) is 15.3 Å². The van der Waals surface area contributed by atoms with Crippen LogP contribution in [0.5, 0.6) is 0 Å². The van der Waals surface area contributed by atoms with Crippen LogP contribution in [0.1, 0.15) is 16.8 Å². The van der Waals surface area contributed by atoms with Crippen molar-refractivity contribution in [1.29, 1.82) is 0 Å². The van der Waals surface area contributed by atoms with E-state index in [9.17, 15) is 13.2 Å². The molecule has 29 heavy (non-hydrogen) atoms. The number of hydrogen-bond donors (Lipinski definition) is 2. The Morgan fingerprint density at radius 2 is 1.97 bits per heavy atom. The van der Waals surface area contributed by atoms with E-state index >= 15 is 0 Å². The number of hydrazone groups is 1. The van der Waals surface area contributed by atoms with Crippen molar-refractivity contribution < 1.29 is 13.2 Å². The minimum atomic E-state index is -4.47. The number of thiocarbonyl (C=S) groups is 1. The van der Waals surface area contributed by atoms with Gasteiger partial charge in [-0.2, -0.15) is 18.3 Å². The molecule has 3 rings (SSSR count). The van der Waals surface area contributed by atoms with Crippen LogP contribution in [0.25, 0.3) is 0 Å². The third kappa shape index (κ3) is 5.88. The van der Waals surface area contributed by atoms with Gasteiger partial charge in [0.2, 0.25) is 0 Å². The van der Waals surface area contributed by atoms with Gasteiger partial charge >= 0.3 is 6.18 Å². The number of alkyl halides is 3. The molecule has 10 heteroatoms. The molecule has 0 bridgehead atoms. The van der Waals surface area contributed by atoms with E-state index in [1.807, 2.05) is 18.2 Å². The second kappa shape index (κ2) is 9.19. The molecule has 0 atom stereocenters. The highest BCUT2D eigenvalue weighted by Gasteiger charge is 2.35. The lowest BCUT2D eigenvalue weighted by Gasteiger charge is -2.37. The van der Waals surface area contributed by atoms with Gasteiger partial charge in [0, 0.05) is 44.6 Å². The summed E-state index contributed by atoms with van der Waals surface area (Å²) in [6.07, 6.45) is -1.48. The van der Waals surface area contributed by atoms with E-state index in [4.69, 9.17) is 5.73 Å². The summed E-state index contributed by atoms with van der Waals surface area (Å²) in [4.78, 5) is 8.26. The van der Waals surface area contributed by atoms with Gasteiger partial charge < -0.3 is 10.6 Å². The van der Waals surface area contributed by atoms with Gasteiger partial charge in [0.05, 0.1) is 17.5 Å². The van der Waals surface area contributed by atoms with Crippen LogP contribution in [-0.4, -0.2) is 47.4 Å². The Morgan fingerprint density at radius 1 is 1.21 bits per heavy atom. The van der Waals surface area contributed by atoms with Crippen LogP contribution in [0.15, 0.2) is 47.7 Å². The monoisotopic (exact) mass is 422 g/mol. The number of pyridine rings is 1. The van der Waals surface area contributed by atoms with Crippen molar-refractivity contribution in [3.63, 3.8) is 0 Å². The number of nitrogens with zero attached hydrogens (tertiary/aromatic N) is 4. The maximum absolute atomic E-state index is 13.7. The standard InChI is InChI=1S/C19H21F3N6S/c20-19(21,22)16-11-14(12-25-26-18(23)29)4-5-17(16)28-9-7-27(8-10-28)13-15-3-1-2-6-24-15/h1-6,11-12H,7-10,13H2,(H3,23,26,29).